The molecule has 0 fully saturated rings. The number of esters is 3. The number of hydrogen-bond donors (Lipinski definition) is 0. The molecule has 456 valence electrons. The fraction of sp³-hybridized carbons (Fsp3) is 0.689. The van der Waals surface area contributed by atoms with Gasteiger partial charge in [0.05, 0.1) is 0 Å². The molecule has 0 amide bonds. The number of carbonyl (C=O) groups excluding carboxylic acids is 3. The lowest BCUT2D eigenvalue weighted by Gasteiger charge is -2.18. The Hall–Kier alpha value is -4.19. The van der Waals surface area contributed by atoms with E-state index in [1.807, 2.05) is 6.08 Å². The Morgan fingerprint density at radius 2 is 0.512 bits per heavy atom. The molecule has 0 saturated carbocycles. The van der Waals surface area contributed by atoms with Gasteiger partial charge in [-0.05, 0) is 116 Å². The molecule has 6 heteroatoms. The summed E-state index contributed by atoms with van der Waals surface area (Å²) in [5, 5.41) is 0. The summed E-state index contributed by atoms with van der Waals surface area (Å²) >= 11 is 0. The summed E-state index contributed by atoms with van der Waals surface area (Å²) < 4.78 is 16.9. The summed E-state index contributed by atoms with van der Waals surface area (Å²) in [7, 11) is 0. The molecule has 0 heterocycles. The van der Waals surface area contributed by atoms with Crippen LogP contribution in [0.25, 0.3) is 0 Å². The molecule has 1 atom stereocenters. The van der Waals surface area contributed by atoms with Crippen molar-refractivity contribution in [3.8, 4) is 0 Å². The summed E-state index contributed by atoms with van der Waals surface area (Å²) in [5.41, 5.74) is 0. The van der Waals surface area contributed by atoms with Crippen LogP contribution >= 0.6 is 0 Å². The lowest BCUT2D eigenvalue weighted by molar-refractivity contribution is -0.166. The molecule has 1 unspecified atom stereocenters. The van der Waals surface area contributed by atoms with E-state index in [1.54, 1.807) is 0 Å². The van der Waals surface area contributed by atoms with E-state index in [4.69, 9.17) is 14.2 Å². The number of rotatable bonds is 60. The maximum Gasteiger partial charge on any atom is 0.306 e. The van der Waals surface area contributed by atoms with Gasteiger partial charge in [0, 0.05) is 19.3 Å². The minimum atomic E-state index is -0.811. The van der Waals surface area contributed by atoms with E-state index in [2.05, 4.69) is 136 Å². The molecule has 80 heavy (non-hydrogen) atoms. The molecular formula is C74H124O6. The van der Waals surface area contributed by atoms with Crippen LogP contribution < -0.4 is 0 Å². The minimum Gasteiger partial charge on any atom is -0.462 e. The largest absolute Gasteiger partial charge is 0.462 e. The molecule has 0 aromatic heterocycles. The van der Waals surface area contributed by atoms with E-state index in [0.717, 1.165) is 96.3 Å². The van der Waals surface area contributed by atoms with Crippen LogP contribution in [0, 0.1) is 0 Å². The van der Waals surface area contributed by atoms with Crippen LogP contribution in [-0.4, -0.2) is 37.2 Å². The van der Waals surface area contributed by atoms with Gasteiger partial charge < -0.3 is 14.2 Å². The van der Waals surface area contributed by atoms with Gasteiger partial charge in [0.1, 0.15) is 13.2 Å². The van der Waals surface area contributed by atoms with Gasteiger partial charge in [0.15, 0.2) is 6.10 Å². The topological polar surface area (TPSA) is 78.9 Å². The average molecular weight is 1110 g/mol. The maximum atomic E-state index is 12.9. The number of ether oxygens (including phenoxy) is 3. The van der Waals surface area contributed by atoms with Crippen molar-refractivity contribution in [3.63, 3.8) is 0 Å². The SMILES string of the molecule is CC/C=C\C/C=C\C/C=C\C/C=C\C/C=C\CCCCCCCCCCCCCCCCCC(=O)OCC(COC(=O)CC/C=C\C/C=C\C/C=C\C/C=C\CC)OC(=O)CCCCCCCCC/C=C\CCCCCCCCC. The normalized spacial score (nSPS) is 12.9. The molecule has 0 radical (unpaired) electrons. The van der Waals surface area contributed by atoms with Gasteiger partial charge in [0.25, 0.3) is 0 Å². The zero-order valence-electron chi connectivity index (χ0n) is 52.3. The quantitative estimate of drug-likeness (QED) is 0.0261. The number of unbranched alkanes of at least 4 members (excludes halogenated alkanes) is 29. The number of hydrogen-bond acceptors (Lipinski definition) is 6. The Kier molecular flexibility index (Phi) is 63.8. The zero-order valence-corrected chi connectivity index (χ0v) is 52.3. The molecule has 0 N–H and O–H groups in total. The van der Waals surface area contributed by atoms with E-state index in [9.17, 15) is 14.4 Å². The first-order valence-electron chi connectivity index (χ1n) is 33.5. The van der Waals surface area contributed by atoms with Gasteiger partial charge in [0.2, 0.25) is 0 Å². The van der Waals surface area contributed by atoms with Gasteiger partial charge in [-0.3, -0.25) is 14.4 Å². The van der Waals surface area contributed by atoms with Crippen LogP contribution in [0.4, 0.5) is 0 Å². The molecule has 0 bridgehead atoms. The van der Waals surface area contributed by atoms with Gasteiger partial charge in [-0.2, -0.15) is 0 Å². The summed E-state index contributed by atoms with van der Waals surface area (Å²) in [6.07, 6.45) is 93.8. The van der Waals surface area contributed by atoms with Crippen molar-refractivity contribution in [2.75, 3.05) is 13.2 Å². The summed E-state index contributed by atoms with van der Waals surface area (Å²) in [6, 6.07) is 0. The number of allylic oxidation sites excluding steroid dienone is 20. The highest BCUT2D eigenvalue weighted by molar-refractivity contribution is 5.71. The third-order valence-corrected chi connectivity index (χ3v) is 14.2. The van der Waals surface area contributed by atoms with E-state index in [1.165, 1.54) is 167 Å². The third-order valence-electron chi connectivity index (χ3n) is 14.2. The molecule has 0 aromatic rings. The predicted octanol–water partition coefficient (Wildman–Crippen LogP) is 23.2. The van der Waals surface area contributed by atoms with Crippen molar-refractivity contribution in [1.29, 1.82) is 0 Å². The van der Waals surface area contributed by atoms with E-state index >= 15 is 0 Å². The van der Waals surface area contributed by atoms with Crippen LogP contribution in [0.5, 0.6) is 0 Å². The van der Waals surface area contributed by atoms with Gasteiger partial charge in [-0.15, -0.1) is 0 Å². The van der Waals surface area contributed by atoms with Crippen molar-refractivity contribution in [1.82, 2.24) is 0 Å². The molecule has 0 aliphatic carbocycles. The Morgan fingerprint density at radius 3 is 0.850 bits per heavy atom. The van der Waals surface area contributed by atoms with Crippen LogP contribution in [0.3, 0.4) is 0 Å². The molecule has 0 aliphatic rings. The smallest absolute Gasteiger partial charge is 0.306 e. The van der Waals surface area contributed by atoms with Crippen molar-refractivity contribution in [3.05, 3.63) is 122 Å². The van der Waals surface area contributed by atoms with Crippen LogP contribution in [-0.2, 0) is 28.6 Å². The van der Waals surface area contributed by atoms with Gasteiger partial charge >= 0.3 is 17.9 Å². The van der Waals surface area contributed by atoms with E-state index < -0.39 is 6.10 Å². The monoisotopic (exact) mass is 1110 g/mol. The van der Waals surface area contributed by atoms with Crippen molar-refractivity contribution in [2.24, 2.45) is 0 Å². The van der Waals surface area contributed by atoms with Crippen LogP contribution in [0.1, 0.15) is 310 Å². The first-order valence-corrected chi connectivity index (χ1v) is 33.5. The van der Waals surface area contributed by atoms with Crippen molar-refractivity contribution < 1.29 is 28.6 Å². The molecule has 0 aromatic carbocycles. The molecule has 0 saturated heterocycles. The van der Waals surface area contributed by atoms with Gasteiger partial charge in [-0.25, -0.2) is 0 Å². The van der Waals surface area contributed by atoms with Crippen molar-refractivity contribution in [2.45, 2.75) is 316 Å². The second kappa shape index (κ2) is 67.3. The highest BCUT2D eigenvalue weighted by atomic mass is 16.6. The fourth-order valence-electron chi connectivity index (χ4n) is 9.24. The zero-order chi connectivity index (χ0) is 57.8. The fourth-order valence-corrected chi connectivity index (χ4v) is 9.24. The van der Waals surface area contributed by atoms with Gasteiger partial charge in [-0.1, -0.05) is 296 Å². The van der Waals surface area contributed by atoms with Crippen LogP contribution in [0.15, 0.2) is 122 Å². The minimum absolute atomic E-state index is 0.102. The summed E-state index contributed by atoms with van der Waals surface area (Å²) in [5.74, 6) is -0.984. The Morgan fingerprint density at radius 1 is 0.263 bits per heavy atom. The summed E-state index contributed by atoms with van der Waals surface area (Å²) in [6.45, 7) is 6.36. The highest BCUT2D eigenvalue weighted by Crippen LogP contribution is 2.16. The van der Waals surface area contributed by atoms with Crippen molar-refractivity contribution >= 4 is 17.9 Å². The predicted molar refractivity (Wildman–Crippen MR) is 348 cm³/mol. The van der Waals surface area contributed by atoms with E-state index in [-0.39, 0.29) is 37.5 Å². The standard InChI is InChI=1S/C74H124O6/c1-4-7-10-13-16-19-22-25-27-29-31-32-33-34-35-36-37-38-39-40-41-42-43-45-46-49-52-55-58-61-64-67-73(76)79-70-71(69-78-72(75)66-63-60-57-54-51-48-24-21-18-15-12-9-6-3)80-74(77)68-65-62-59-56-53-50-47-44-30-28-26-23-20-17-14-11-8-5-2/h7,9-10,12,16,18-19,21,25,27-28,30-32,34-35,48,51,57,60,71H,4-6,8,11,13-15,17,20,22-24,26,29,33,36-47,49-50,52-56,58-59,61-70H2,1-3H3/b10-7-,12-9-,19-16-,21-18-,27-25-,30-28-,32-31-,35-34-,51-48-,60-57-. The molecule has 0 rings (SSSR count). The number of carbonyl (C=O) groups is 3. The third kappa shape index (κ3) is 64.6. The Labute approximate surface area is 494 Å². The van der Waals surface area contributed by atoms with E-state index in [0.29, 0.717) is 19.3 Å². The molecule has 0 aliphatic heterocycles. The Balaban J connectivity index is 4.27. The maximum absolute atomic E-state index is 12.9. The molecular weight excluding hydrogens is 985 g/mol. The highest BCUT2D eigenvalue weighted by Gasteiger charge is 2.19. The lowest BCUT2D eigenvalue weighted by Crippen LogP contribution is -2.30. The first kappa shape index (κ1) is 75.8. The summed E-state index contributed by atoms with van der Waals surface area (Å²) in [4.78, 5) is 38.3. The van der Waals surface area contributed by atoms with Crippen LogP contribution in [0.2, 0.25) is 0 Å². The molecule has 0 spiro atoms. The Bertz CT molecular complexity index is 1650. The molecule has 6 nitrogen and oxygen atoms in total. The second-order valence-corrected chi connectivity index (χ2v) is 22.0. The first-order chi connectivity index (χ1) is 39.5. The second-order valence-electron chi connectivity index (χ2n) is 22.0. The lowest BCUT2D eigenvalue weighted by atomic mass is 10.0. The average Bonchev–Trinajstić information content (AvgIpc) is 3.46.